The number of aromatic nitrogens is 2. The Morgan fingerprint density at radius 2 is 1.88 bits per heavy atom. The number of aryl methyl sites for hydroxylation is 3. The second-order valence-electron chi connectivity index (χ2n) is 6.06. The Bertz CT molecular complexity index is 962. The second kappa shape index (κ2) is 6.78. The highest BCUT2D eigenvalue weighted by atomic mass is 16.5. The van der Waals surface area contributed by atoms with Gasteiger partial charge in [-0.15, -0.1) is 0 Å². The van der Waals surface area contributed by atoms with Gasteiger partial charge in [0.05, 0.1) is 17.1 Å². The normalized spacial score (nSPS) is 11.9. The molecule has 0 fully saturated rings. The molecule has 5 nitrogen and oxygen atoms in total. The summed E-state index contributed by atoms with van der Waals surface area (Å²) in [5.74, 6) is -0.123. The molecule has 0 radical (unpaired) electrons. The van der Waals surface area contributed by atoms with E-state index in [1.807, 2.05) is 63.4 Å². The van der Waals surface area contributed by atoms with Crippen molar-refractivity contribution in [1.29, 1.82) is 5.26 Å². The number of para-hydroxylation sites is 3. The average molecular weight is 333 g/mol. The summed E-state index contributed by atoms with van der Waals surface area (Å²) >= 11 is 0. The zero-order valence-corrected chi connectivity index (χ0v) is 14.5. The third-order valence-electron chi connectivity index (χ3n) is 4.30. The molecule has 0 aliphatic heterocycles. The molecule has 126 valence electrons. The number of rotatable bonds is 5. The van der Waals surface area contributed by atoms with Crippen molar-refractivity contribution in [3.63, 3.8) is 0 Å². The maximum atomic E-state index is 12.6. The van der Waals surface area contributed by atoms with Crippen LogP contribution in [0.1, 0.15) is 22.9 Å². The Morgan fingerprint density at radius 3 is 2.52 bits per heavy atom. The molecular weight excluding hydrogens is 314 g/mol. The van der Waals surface area contributed by atoms with Gasteiger partial charge in [-0.2, -0.15) is 5.26 Å². The minimum absolute atomic E-state index is 0.160. The molecule has 1 unspecified atom stereocenters. The zero-order valence-electron chi connectivity index (χ0n) is 14.5. The van der Waals surface area contributed by atoms with Gasteiger partial charge in [-0.05, 0) is 37.1 Å². The third-order valence-corrected chi connectivity index (χ3v) is 4.30. The van der Waals surface area contributed by atoms with Crippen molar-refractivity contribution in [2.45, 2.75) is 19.8 Å². The van der Waals surface area contributed by atoms with E-state index in [-0.39, 0.29) is 12.4 Å². The lowest BCUT2D eigenvalue weighted by Gasteiger charge is -2.13. The van der Waals surface area contributed by atoms with E-state index >= 15 is 0 Å². The summed E-state index contributed by atoms with van der Waals surface area (Å²) in [5.41, 5.74) is 3.58. The van der Waals surface area contributed by atoms with Crippen molar-refractivity contribution in [1.82, 2.24) is 9.55 Å². The van der Waals surface area contributed by atoms with Crippen LogP contribution < -0.4 is 4.74 Å². The Morgan fingerprint density at radius 1 is 1.20 bits per heavy atom. The highest BCUT2D eigenvalue weighted by molar-refractivity contribution is 5.90. The van der Waals surface area contributed by atoms with Gasteiger partial charge < -0.3 is 9.30 Å². The first-order chi connectivity index (χ1) is 12.0. The Hall–Kier alpha value is -3.13. The molecule has 0 amide bonds. The third kappa shape index (κ3) is 3.11. The number of carbonyl (C=O) groups excluding carboxylic acids is 1. The van der Waals surface area contributed by atoms with Gasteiger partial charge in [0.25, 0.3) is 0 Å². The molecule has 0 aliphatic carbocycles. The van der Waals surface area contributed by atoms with E-state index in [1.54, 1.807) is 4.57 Å². The molecule has 0 aliphatic rings. The first kappa shape index (κ1) is 16.7. The van der Waals surface area contributed by atoms with Gasteiger partial charge in [0.15, 0.2) is 11.7 Å². The van der Waals surface area contributed by atoms with Crippen LogP contribution in [0.25, 0.3) is 11.0 Å². The van der Waals surface area contributed by atoms with Crippen LogP contribution in [0.2, 0.25) is 0 Å². The number of hydrogen-bond acceptors (Lipinski definition) is 4. The predicted molar refractivity (Wildman–Crippen MR) is 95.5 cm³/mol. The van der Waals surface area contributed by atoms with Crippen LogP contribution in [-0.4, -0.2) is 21.9 Å². The minimum Gasteiger partial charge on any atom is -0.485 e. The SMILES string of the molecule is Cc1cccc(C)c1OCC(=O)C(C#N)c1nc2ccccc2n1C. The molecule has 0 N–H and O–H groups in total. The van der Waals surface area contributed by atoms with Crippen LogP contribution in [0.5, 0.6) is 5.75 Å². The van der Waals surface area contributed by atoms with Crippen LogP contribution in [0, 0.1) is 25.2 Å². The first-order valence-corrected chi connectivity index (χ1v) is 8.05. The summed E-state index contributed by atoms with van der Waals surface area (Å²) < 4.78 is 7.50. The fourth-order valence-corrected chi connectivity index (χ4v) is 2.95. The number of carbonyl (C=O) groups is 1. The molecule has 1 heterocycles. The highest BCUT2D eigenvalue weighted by Crippen LogP contribution is 2.24. The van der Waals surface area contributed by atoms with Gasteiger partial charge in [0, 0.05) is 7.05 Å². The number of fused-ring (bicyclic) bond motifs is 1. The summed E-state index contributed by atoms with van der Waals surface area (Å²) in [5, 5.41) is 9.53. The van der Waals surface area contributed by atoms with Gasteiger partial charge in [-0.1, -0.05) is 30.3 Å². The summed E-state index contributed by atoms with van der Waals surface area (Å²) in [6, 6.07) is 15.4. The summed E-state index contributed by atoms with van der Waals surface area (Å²) in [7, 11) is 1.81. The Balaban J connectivity index is 1.84. The Kier molecular flexibility index (Phi) is 4.53. The Labute approximate surface area is 146 Å². The lowest BCUT2D eigenvalue weighted by atomic mass is 10.1. The standard InChI is InChI=1S/C20H19N3O2/c1-13-7-6-8-14(2)19(13)25-12-18(24)15(11-21)20-22-16-9-4-5-10-17(16)23(20)3/h4-10,15H,12H2,1-3H3. The van der Waals surface area contributed by atoms with Gasteiger partial charge in [0.2, 0.25) is 0 Å². The van der Waals surface area contributed by atoms with Crippen molar-refractivity contribution in [2.24, 2.45) is 7.05 Å². The lowest BCUT2D eigenvalue weighted by Crippen LogP contribution is -2.22. The molecule has 2 aromatic carbocycles. The molecule has 3 rings (SSSR count). The van der Waals surface area contributed by atoms with E-state index in [4.69, 9.17) is 4.74 Å². The van der Waals surface area contributed by atoms with E-state index < -0.39 is 5.92 Å². The fraction of sp³-hybridized carbons (Fsp3) is 0.250. The van der Waals surface area contributed by atoms with E-state index in [1.165, 1.54) is 0 Å². The number of hydrogen-bond donors (Lipinski definition) is 0. The number of benzene rings is 2. The number of imidazole rings is 1. The van der Waals surface area contributed by atoms with Crippen LogP contribution >= 0.6 is 0 Å². The van der Waals surface area contributed by atoms with E-state index in [0.29, 0.717) is 11.6 Å². The van der Waals surface area contributed by atoms with Gasteiger partial charge in [-0.25, -0.2) is 4.98 Å². The number of ketones is 1. The number of Topliss-reactive ketones (excluding diaryl/α,β-unsaturated/α-hetero) is 1. The topological polar surface area (TPSA) is 67.9 Å². The molecule has 0 saturated carbocycles. The van der Waals surface area contributed by atoms with Crippen molar-refractivity contribution < 1.29 is 9.53 Å². The van der Waals surface area contributed by atoms with E-state index in [0.717, 1.165) is 22.2 Å². The maximum absolute atomic E-state index is 12.6. The maximum Gasteiger partial charge on any atom is 0.194 e. The van der Waals surface area contributed by atoms with Gasteiger partial charge in [-0.3, -0.25) is 4.79 Å². The van der Waals surface area contributed by atoms with Crippen LogP contribution in [0.15, 0.2) is 42.5 Å². The fourth-order valence-electron chi connectivity index (χ4n) is 2.95. The lowest BCUT2D eigenvalue weighted by molar-refractivity contribution is -0.121. The van der Waals surface area contributed by atoms with Crippen LogP contribution in [0.4, 0.5) is 0 Å². The van der Waals surface area contributed by atoms with Crippen molar-refractivity contribution in [2.75, 3.05) is 6.61 Å². The van der Waals surface area contributed by atoms with Gasteiger partial charge in [0.1, 0.15) is 18.2 Å². The molecular formula is C20H19N3O2. The smallest absolute Gasteiger partial charge is 0.194 e. The van der Waals surface area contributed by atoms with Crippen molar-refractivity contribution >= 4 is 16.8 Å². The molecule has 1 aromatic heterocycles. The average Bonchev–Trinajstić information content (AvgIpc) is 2.92. The number of nitriles is 1. The quantitative estimate of drug-likeness (QED) is 0.717. The molecule has 0 bridgehead atoms. The zero-order chi connectivity index (χ0) is 18.0. The molecule has 5 heteroatoms. The molecule has 3 aromatic rings. The summed E-state index contributed by atoms with van der Waals surface area (Å²) in [6.07, 6.45) is 0. The second-order valence-corrected chi connectivity index (χ2v) is 6.06. The summed E-state index contributed by atoms with van der Waals surface area (Å²) in [6.45, 7) is 3.70. The first-order valence-electron chi connectivity index (χ1n) is 8.05. The highest BCUT2D eigenvalue weighted by Gasteiger charge is 2.26. The minimum atomic E-state index is -0.957. The molecule has 25 heavy (non-hydrogen) atoms. The number of ether oxygens (including phenoxy) is 1. The van der Waals surface area contributed by atoms with Crippen molar-refractivity contribution in [3.05, 3.63) is 59.4 Å². The molecule has 0 saturated heterocycles. The number of nitrogens with zero attached hydrogens (tertiary/aromatic N) is 3. The van der Waals surface area contributed by atoms with E-state index in [2.05, 4.69) is 11.1 Å². The largest absolute Gasteiger partial charge is 0.485 e. The van der Waals surface area contributed by atoms with Gasteiger partial charge >= 0.3 is 0 Å². The summed E-state index contributed by atoms with van der Waals surface area (Å²) in [4.78, 5) is 17.1. The van der Waals surface area contributed by atoms with E-state index in [9.17, 15) is 10.1 Å². The van der Waals surface area contributed by atoms with Crippen LogP contribution in [-0.2, 0) is 11.8 Å². The predicted octanol–water partition coefficient (Wildman–Crippen LogP) is 3.45. The molecule has 0 spiro atoms. The molecule has 1 atom stereocenters. The van der Waals surface area contributed by atoms with Crippen LogP contribution in [0.3, 0.4) is 0 Å². The monoisotopic (exact) mass is 333 g/mol. The van der Waals surface area contributed by atoms with Crippen molar-refractivity contribution in [3.8, 4) is 11.8 Å².